The van der Waals surface area contributed by atoms with Gasteiger partial charge in [-0.3, -0.25) is 5.41 Å². The molecule has 1 rings (SSSR count). The molecular weight excluding hydrogens is 162 g/mol. The minimum atomic E-state index is 0.0196. The van der Waals surface area contributed by atoms with Crippen molar-refractivity contribution in [3.05, 3.63) is 29.3 Å². The fourth-order valence-electron chi connectivity index (χ4n) is 0.903. The average Bonchev–Trinajstić information content (AvgIpc) is 2.12. The Hall–Kier alpha value is -1.51. The fraction of sp³-hybridized carbons (Fsp3) is 0.300. The number of benzene rings is 1. The van der Waals surface area contributed by atoms with E-state index in [4.69, 9.17) is 16.9 Å². The van der Waals surface area contributed by atoms with Crippen LogP contribution in [0.5, 0.6) is 0 Å². The zero-order valence-electron chi connectivity index (χ0n) is 8.39. The molecule has 0 unspecified atom stereocenters. The first-order valence-electron chi connectivity index (χ1n) is 4.32. The SMILES string of the molecule is CC.Cc1ccc(N)c(C(=N)N)c1. The van der Waals surface area contributed by atoms with Crippen LogP contribution >= 0.6 is 0 Å². The van der Waals surface area contributed by atoms with Crippen molar-refractivity contribution < 1.29 is 0 Å². The van der Waals surface area contributed by atoms with Gasteiger partial charge >= 0.3 is 0 Å². The van der Waals surface area contributed by atoms with E-state index in [9.17, 15) is 0 Å². The molecule has 0 heterocycles. The highest BCUT2D eigenvalue weighted by Gasteiger charge is 2.00. The molecule has 1 aromatic carbocycles. The largest absolute Gasteiger partial charge is 0.398 e. The van der Waals surface area contributed by atoms with Crippen LogP contribution in [-0.2, 0) is 0 Å². The predicted molar refractivity (Wildman–Crippen MR) is 58.0 cm³/mol. The van der Waals surface area contributed by atoms with Gasteiger partial charge in [0.1, 0.15) is 5.84 Å². The van der Waals surface area contributed by atoms with Crippen molar-refractivity contribution in [2.75, 3.05) is 5.73 Å². The molecule has 0 aromatic heterocycles. The number of hydrogen-bond acceptors (Lipinski definition) is 2. The van der Waals surface area contributed by atoms with Gasteiger partial charge in [-0.1, -0.05) is 25.5 Å². The standard InChI is InChI=1S/C8H11N3.C2H6/c1-5-2-3-7(9)6(4-5)8(10)11;1-2/h2-4H,9H2,1H3,(H3,10,11);1-2H3. The number of anilines is 1. The monoisotopic (exact) mass is 179 g/mol. The zero-order chi connectivity index (χ0) is 10.4. The molecule has 3 nitrogen and oxygen atoms in total. The maximum absolute atomic E-state index is 7.17. The van der Waals surface area contributed by atoms with Gasteiger partial charge in [-0.05, 0) is 19.1 Å². The van der Waals surface area contributed by atoms with Gasteiger partial charge in [-0.2, -0.15) is 0 Å². The van der Waals surface area contributed by atoms with Crippen LogP contribution in [0.1, 0.15) is 25.0 Å². The summed E-state index contributed by atoms with van der Waals surface area (Å²) in [4.78, 5) is 0. The van der Waals surface area contributed by atoms with Crippen LogP contribution < -0.4 is 11.5 Å². The summed E-state index contributed by atoms with van der Waals surface area (Å²) in [7, 11) is 0. The molecule has 0 atom stereocenters. The van der Waals surface area contributed by atoms with Crippen molar-refractivity contribution >= 4 is 11.5 Å². The zero-order valence-corrected chi connectivity index (χ0v) is 8.39. The molecule has 0 saturated heterocycles. The molecule has 3 heteroatoms. The van der Waals surface area contributed by atoms with Gasteiger partial charge in [-0.25, -0.2) is 0 Å². The Balaban J connectivity index is 0.000000671. The van der Waals surface area contributed by atoms with Crippen LogP contribution in [0.3, 0.4) is 0 Å². The Morgan fingerprint density at radius 1 is 1.31 bits per heavy atom. The Morgan fingerprint density at radius 3 is 2.23 bits per heavy atom. The van der Waals surface area contributed by atoms with Crippen LogP contribution in [0.4, 0.5) is 5.69 Å². The Kier molecular flexibility index (Phi) is 4.59. The molecule has 0 radical (unpaired) electrons. The molecule has 5 N–H and O–H groups in total. The lowest BCUT2D eigenvalue weighted by Crippen LogP contribution is -2.13. The first-order chi connectivity index (χ1) is 6.11. The van der Waals surface area contributed by atoms with E-state index < -0.39 is 0 Å². The summed E-state index contributed by atoms with van der Waals surface area (Å²) in [5.41, 5.74) is 13.1. The number of hydrogen-bond donors (Lipinski definition) is 3. The highest BCUT2D eigenvalue weighted by molar-refractivity contribution is 5.99. The first-order valence-corrected chi connectivity index (χ1v) is 4.32. The minimum Gasteiger partial charge on any atom is -0.398 e. The molecule has 0 bridgehead atoms. The van der Waals surface area contributed by atoms with Crippen molar-refractivity contribution in [3.8, 4) is 0 Å². The fourth-order valence-corrected chi connectivity index (χ4v) is 0.903. The molecule has 0 aliphatic rings. The van der Waals surface area contributed by atoms with Gasteiger partial charge in [0.2, 0.25) is 0 Å². The normalized spacial score (nSPS) is 8.54. The number of aryl methyl sites for hydroxylation is 1. The number of nitrogens with one attached hydrogen (secondary N) is 1. The highest BCUT2D eigenvalue weighted by Crippen LogP contribution is 2.12. The lowest BCUT2D eigenvalue weighted by molar-refractivity contribution is 1.39. The van der Waals surface area contributed by atoms with Crippen LogP contribution in [-0.4, -0.2) is 5.84 Å². The van der Waals surface area contributed by atoms with Crippen LogP contribution in [0.15, 0.2) is 18.2 Å². The second kappa shape index (κ2) is 5.19. The summed E-state index contributed by atoms with van der Waals surface area (Å²) < 4.78 is 0. The van der Waals surface area contributed by atoms with E-state index in [1.54, 1.807) is 12.1 Å². The van der Waals surface area contributed by atoms with E-state index in [-0.39, 0.29) is 5.84 Å². The maximum atomic E-state index is 7.17. The molecule has 0 aliphatic carbocycles. The molecule has 0 fully saturated rings. The predicted octanol–water partition coefficient (Wildman–Crippen LogP) is 1.89. The molecule has 1 aromatic rings. The van der Waals surface area contributed by atoms with E-state index in [1.807, 2.05) is 26.8 Å². The molecule has 72 valence electrons. The van der Waals surface area contributed by atoms with Gasteiger partial charge in [0.15, 0.2) is 0 Å². The van der Waals surface area contributed by atoms with Crippen LogP contribution in [0.2, 0.25) is 0 Å². The Labute approximate surface area is 79.3 Å². The van der Waals surface area contributed by atoms with Crippen molar-refractivity contribution in [2.45, 2.75) is 20.8 Å². The van der Waals surface area contributed by atoms with Gasteiger partial charge in [0.25, 0.3) is 0 Å². The summed E-state index contributed by atoms with van der Waals surface area (Å²) in [6, 6.07) is 5.45. The van der Waals surface area contributed by atoms with Crippen molar-refractivity contribution in [3.63, 3.8) is 0 Å². The van der Waals surface area contributed by atoms with Gasteiger partial charge in [0, 0.05) is 11.3 Å². The summed E-state index contributed by atoms with van der Waals surface area (Å²) in [5.74, 6) is 0.0196. The number of amidine groups is 1. The molecule has 0 amide bonds. The average molecular weight is 179 g/mol. The maximum Gasteiger partial charge on any atom is 0.124 e. The van der Waals surface area contributed by atoms with Crippen molar-refractivity contribution in [2.24, 2.45) is 5.73 Å². The van der Waals surface area contributed by atoms with Gasteiger partial charge in [-0.15, -0.1) is 0 Å². The van der Waals surface area contributed by atoms with Crippen molar-refractivity contribution in [1.82, 2.24) is 0 Å². The third-order valence-electron chi connectivity index (χ3n) is 1.50. The molecular formula is C10H17N3. The first kappa shape index (κ1) is 11.5. The van der Waals surface area contributed by atoms with Crippen molar-refractivity contribution in [1.29, 1.82) is 5.41 Å². The summed E-state index contributed by atoms with van der Waals surface area (Å²) in [6.45, 7) is 5.94. The van der Waals surface area contributed by atoms with Crippen LogP contribution in [0.25, 0.3) is 0 Å². The smallest absolute Gasteiger partial charge is 0.124 e. The quantitative estimate of drug-likeness (QED) is 0.350. The minimum absolute atomic E-state index is 0.0196. The molecule has 0 aliphatic heterocycles. The number of nitrogens with two attached hydrogens (primary N) is 2. The number of rotatable bonds is 1. The lowest BCUT2D eigenvalue weighted by Gasteiger charge is -2.03. The van der Waals surface area contributed by atoms with E-state index in [0.717, 1.165) is 5.56 Å². The summed E-state index contributed by atoms with van der Waals surface area (Å²) in [5, 5.41) is 7.17. The second-order valence-corrected chi connectivity index (χ2v) is 2.50. The molecule has 0 saturated carbocycles. The Morgan fingerprint density at radius 2 is 1.85 bits per heavy atom. The van der Waals surface area contributed by atoms with Crippen LogP contribution in [0, 0.1) is 12.3 Å². The third kappa shape index (κ3) is 3.15. The van der Waals surface area contributed by atoms with E-state index >= 15 is 0 Å². The van der Waals surface area contributed by atoms with E-state index in [0.29, 0.717) is 11.3 Å². The van der Waals surface area contributed by atoms with E-state index in [1.165, 1.54) is 0 Å². The summed E-state index contributed by atoms with van der Waals surface area (Å²) >= 11 is 0. The molecule has 13 heavy (non-hydrogen) atoms. The lowest BCUT2D eigenvalue weighted by atomic mass is 10.1. The van der Waals surface area contributed by atoms with Gasteiger partial charge < -0.3 is 11.5 Å². The summed E-state index contributed by atoms with van der Waals surface area (Å²) in [6.07, 6.45) is 0. The second-order valence-electron chi connectivity index (χ2n) is 2.50. The Bertz CT molecular complexity index is 292. The topological polar surface area (TPSA) is 75.9 Å². The third-order valence-corrected chi connectivity index (χ3v) is 1.50. The number of nitrogen functional groups attached to an aromatic ring is 2. The molecule has 0 spiro atoms. The highest BCUT2D eigenvalue weighted by atomic mass is 14.7. The van der Waals surface area contributed by atoms with Gasteiger partial charge in [0.05, 0.1) is 0 Å². The van der Waals surface area contributed by atoms with E-state index in [2.05, 4.69) is 0 Å².